The van der Waals surface area contributed by atoms with Crippen LogP contribution in [0, 0.1) is 0 Å². The minimum Gasteiger partial charge on any atom is -0.312 e. The molecule has 1 unspecified atom stereocenters. The van der Waals surface area contributed by atoms with Gasteiger partial charge in [-0.3, -0.25) is 4.90 Å². The summed E-state index contributed by atoms with van der Waals surface area (Å²) in [5, 5.41) is 5.94. The van der Waals surface area contributed by atoms with Gasteiger partial charge in [0.2, 0.25) is 0 Å². The van der Waals surface area contributed by atoms with Crippen molar-refractivity contribution in [2.75, 3.05) is 19.6 Å². The number of halogens is 1. The summed E-state index contributed by atoms with van der Waals surface area (Å²) in [4.78, 5) is 4.19. The van der Waals surface area contributed by atoms with Crippen molar-refractivity contribution in [3.63, 3.8) is 0 Å². The standard InChI is InChI=1S/C17H29BrN2S/c1-4-19-16(12-15-11-14(18)13-21-15)17(2,3)20-9-7-5-6-8-10-20/h11,13,16,19H,4-10,12H2,1-3H3. The van der Waals surface area contributed by atoms with Gasteiger partial charge in [-0.15, -0.1) is 11.3 Å². The highest BCUT2D eigenvalue weighted by Gasteiger charge is 2.35. The van der Waals surface area contributed by atoms with E-state index in [4.69, 9.17) is 0 Å². The van der Waals surface area contributed by atoms with Crippen molar-refractivity contribution < 1.29 is 0 Å². The summed E-state index contributed by atoms with van der Waals surface area (Å²) in [7, 11) is 0. The monoisotopic (exact) mass is 372 g/mol. The maximum absolute atomic E-state index is 3.75. The summed E-state index contributed by atoms with van der Waals surface area (Å²) in [6, 6.07) is 2.78. The smallest absolute Gasteiger partial charge is 0.0309 e. The van der Waals surface area contributed by atoms with Crippen LogP contribution in [-0.4, -0.2) is 36.1 Å². The number of hydrogen-bond acceptors (Lipinski definition) is 3. The first-order chi connectivity index (χ1) is 10.0. The summed E-state index contributed by atoms with van der Waals surface area (Å²) in [6.07, 6.45) is 6.62. The lowest BCUT2D eigenvalue weighted by atomic mass is 9.89. The van der Waals surface area contributed by atoms with Crippen molar-refractivity contribution >= 4 is 27.3 Å². The topological polar surface area (TPSA) is 15.3 Å². The first kappa shape index (κ1) is 17.5. The Morgan fingerprint density at radius 3 is 2.48 bits per heavy atom. The quantitative estimate of drug-likeness (QED) is 0.779. The van der Waals surface area contributed by atoms with Gasteiger partial charge < -0.3 is 5.32 Å². The van der Waals surface area contributed by atoms with Crippen LogP contribution < -0.4 is 5.32 Å². The van der Waals surface area contributed by atoms with Crippen LogP contribution in [0.15, 0.2) is 15.9 Å². The van der Waals surface area contributed by atoms with Gasteiger partial charge in [-0.05, 0) is 74.7 Å². The maximum atomic E-state index is 3.75. The van der Waals surface area contributed by atoms with Crippen LogP contribution in [0.4, 0.5) is 0 Å². The maximum Gasteiger partial charge on any atom is 0.0309 e. The molecule has 0 radical (unpaired) electrons. The predicted octanol–water partition coefficient (Wildman–Crippen LogP) is 4.69. The number of hydrogen-bond donors (Lipinski definition) is 1. The summed E-state index contributed by atoms with van der Waals surface area (Å²) in [5.41, 5.74) is 0.205. The second-order valence-electron chi connectivity index (χ2n) is 6.60. The molecular weight excluding hydrogens is 344 g/mol. The molecule has 120 valence electrons. The van der Waals surface area contributed by atoms with Crippen LogP contribution in [0.3, 0.4) is 0 Å². The molecule has 1 fully saturated rings. The van der Waals surface area contributed by atoms with Crippen molar-refractivity contribution in [1.29, 1.82) is 0 Å². The van der Waals surface area contributed by atoms with E-state index in [0.717, 1.165) is 13.0 Å². The molecule has 0 saturated carbocycles. The highest BCUT2D eigenvalue weighted by molar-refractivity contribution is 9.10. The van der Waals surface area contributed by atoms with Gasteiger partial charge in [0.1, 0.15) is 0 Å². The fourth-order valence-electron chi connectivity index (χ4n) is 3.35. The molecule has 1 atom stereocenters. The molecule has 1 aromatic heterocycles. The first-order valence-electron chi connectivity index (χ1n) is 8.25. The minimum absolute atomic E-state index is 0.205. The van der Waals surface area contributed by atoms with Gasteiger partial charge in [-0.25, -0.2) is 0 Å². The average Bonchev–Trinajstić information content (AvgIpc) is 2.68. The second-order valence-corrected chi connectivity index (χ2v) is 8.51. The molecule has 21 heavy (non-hydrogen) atoms. The van der Waals surface area contributed by atoms with Gasteiger partial charge in [0.05, 0.1) is 0 Å². The van der Waals surface area contributed by atoms with Gasteiger partial charge in [0, 0.05) is 26.3 Å². The fourth-order valence-corrected chi connectivity index (χ4v) is 4.85. The Balaban J connectivity index is 2.10. The molecule has 0 bridgehead atoms. The third-order valence-electron chi connectivity index (χ3n) is 4.75. The Morgan fingerprint density at radius 2 is 1.95 bits per heavy atom. The molecule has 0 amide bonds. The molecule has 2 rings (SSSR count). The van der Waals surface area contributed by atoms with E-state index in [1.807, 2.05) is 11.3 Å². The molecule has 0 aliphatic carbocycles. The van der Waals surface area contributed by atoms with Gasteiger partial charge in [0.15, 0.2) is 0 Å². The van der Waals surface area contributed by atoms with E-state index in [2.05, 4.69) is 58.4 Å². The number of likely N-dealkylation sites (N-methyl/N-ethyl adjacent to an activating group) is 1. The zero-order chi connectivity index (χ0) is 15.3. The van der Waals surface area contributed by atoms with E-state index < -0.39 is 0 Å². The van der Waals surface area contributed by atoms with Crippen LogP contribution in [0.2, 0.25) is 0 Å². The van der Waals surface area contributed by atoms with Crippen LogP contribution in [0.5, 0.6) is 0 Å². The highest BCUT2D eigenvalue weighted by Crippen LogP contribution is 2.28. The number of rotatable bonds is 6. The van der Waals surface area contributed by atoms with Crippen molar-refractivity contribution in [3.8, 4) is 0 Å². The zero-order valence-electron chi connectivity index (χ0n) is 13.6. The Morgan fingerprint density at radius 1 is 1.29 bits per heavy atom. The molecule has 1 saturated heterocycles. The number of likely N-dealkylation sites (tertiary alicyclic amines) is 1. The summed E-state index contributed by atoms with van der Waals surface area (Å²) in [5.74, 6) is 0. The number of thiophene rings is 1. The van der Waals surface area contributed by atoms with E-state index in [0.29, 0.717) is 6.04 Å². The third kappa shape index (κ3) is 4.78. The Labute approximate surface area is 142 Å². The summed E-state index contributed by atoms with van der Waals surface area (Å²) in [6.45, 7) is 10.6. The third-order valence-corrected chi connectivity index (χ3v) is 6.47. The fraction of sp³-hybridized carbons (Fsp3) is 0.765. The molecule has 2 nitrogen and oxygen atoms in total. The van der Waals surface area contributed by atoms with Crippen molar-refractivity contribution in [3.05, 3.63) is 20.8 Å². The van der Waals surface area contributed by atoms with Crippen molar-refractivity contribution in [2.45, 2.75) is 64.5 Å². The average molecular weight is 373 g/mol. The van der Waals surface area contributed by atoms with E-state index in [-0.39, 0.29) is 5.54 Å². The molecule has 1 aliphatic heterocycles. The molecular formula is C17H29BrN2S. The molecule has 1 N–H and O–H groups in total. The van der Waals surface area contributed by atoms with Crippen LogP contribution in [-0.2, 0) is 6.42 Å². The van der Waals surface area contributed by atoms with Gasteiger partial charge in [0.25, 0.3) is 0 Å². The lowest BCUT2D eigenvalue weighted by Gasteiger charge is -2.44. The van der Waals surface area contributed by atoms with Crippen molar-refractivity contribution in [2.24, 2.45) is 0 Å². The summed E-state index contributed by atoms with van der Waals surface area (Å²) >= 11 is 5.44. The zero-order valence-corrected chi connectivity index (χ0v) is 16.0. The molecule has 2 heterocycles. The molecule has 1 aliphatic rings. The van der Waals surface area contributed by atoms with Gasteiger partial charge >= 0.3 is 0 Å². The molecule has 0 aromatic carbocycles. The van der Waals surface area contributed by atoms with Gasteiger partial charge in [-0.2, -0.15) is 0 Å². The van der Waals surface area contributed by atoms with Gasteiger partial charge in [-0.1, -0.05) is 19.8 Å². The Bertz CT molecular complexity index is 422. The van der Waals surface area contributed by atoms with E-state index in [1.165, 1.54) is 48.1 Å². The van der Waals surface area contributed by atoms with Crippen LogP contribution in [0.25, 0.3) is 0 Å². The summed E-state index contributed by atoms with van der Waals surface area (Å²) < 4.78 is 1.21. The highest BCUT2D eigenvalue weighted by atomic mass is 79.9. The Kier molecular flexibility index (Phi) is 6.73. The lowest BCUT2D eigenvalue weighted by molar-refractivity contribution is 0.0844. The van der Waals surface area contributed by atoms with Crippen LogP contribution in [0.1, 0.15) is 51.3 Å². The predicted molar refractivity (Wildman–Crippen MR) is 97.3 cm³/mol. The van der Waals surface area contributed by atoms with Crippen molar-refractivity contribution in [1.82, 2.24) is 10.2 Å². The largest absolute Gasteiger partial charge is 0.312 e. The number of nitrogens with zero attached hydrogens (tertiary/aromatic N) is 1. The van der Waals surface area contributed by atoms with E-state index >= 15 is 0 Å². The molecule has 4 heteroatoms. The molecule has 1 aromatic rings. The minimum atomic E-state index is 0.205. The number of nitrogens with one attached hydrogen (secondary N) is 1. The first-order valence-corrected chi connectivity index (χ1v) is 9.92. The second kappa shape index (κ2) is 8.09. The van der Waals surface area contributed by atoms with Crippen LogP contribution >= 0.6 is 27.3 Å². The SMILES string of the molecule is CCNC(Cc1cc(Br)cs1)C(C)(C)N1CCCCCC1. The van der Waals surface area contributed by atoms with E-state index in [9.17, 15) is 0 Å². The molecule has 0 spiro atoms. The lowest BCUT2D eigenvalue weighted by Crippen LogP contribution is -2.58. The normalized spacial score (nSPS) is 19.4. The Hall–Kier alpha value is 0.1000. The van der Waals surface area contributed by atoms with E-state index in [1.54, 1.807) is 0 Å².